The van der Waals surface area contributed by atoms with E-state index in [1.54, 1.807) is 12.1 Å². The normalized spacial score (nSPS) is 17.8. The lowest BCUT2D eigenvalue weighted by atomic mass is 10.0. The third kappa shape index (κ3) is 3.62. The van der Waals surface area contributed by atoms with Gasteiger partial charge in [0.15, 0.2) is 0 Å². The summed E-state index contributed by atoms with van der Waals surface area (Å²) in [6.07, 6.45) is 1.59. The first-order valence-corrected chi connectivity index (χ1v) is 6.80. The molecule has 0 radical (unpaired) electrons. The Labute approximate surface area is 122 Å². The molecule has 1 atom stereocenters. The van der Waals surface area contributed by atoms with Crippen LogP contribution in [0, 0.1) is 16.0 Å². The molecule has 1 aromatic carbocycles. The number of anilines is 1. The average Bonchev–Trinajstić information content (AvgIpc) is 2.93. The quantitative estimate of drug-likeness (QED) is 0.639. The van der Waals surface area contributed by atoms with Gasteiger partial charge in [-0.15, -0.1) is 0 Å². The maximum absolute atomic E-state index is 11.1. The topological polar surface area (TPSA) is 92.9 Å². The summed E-state index contributed by atoms with van der Waals surface area (Å²) in [5.74, 6) is 0.0253. The van der Waals surface area contributed by atoms with Crippen LogP contribution < -0.4 is 9.64 Å². The van der Waals surface area contributed by atoms with Crippen molar-refractivity contribution in [2.24, 2.45) is 5.92 Å². The van der Waals surface area contributed by atoms with Gasteiger partial charge in [0.25, 0.3) is 5.69 Å². The number of hydrogen-bond acceptors (Lipinski definition) is 5. The van der Waals surface area contributed by atoms with Crippen molar-refractivity contribution in [2.45, 2.75) is 19.3 Å². The molecule has 0 bridgehead atoms. The molecule has 1 aromatic rings. The van der Waals surface area contributed by atoms with Crippen molar-refractivity contribution in [2.75, 3.05) is 25.1 Å². The number of rotatable bonds is 6. The first kappa shape index (κ1) is 15.1. The highest BCUT2D eigenvalue weighted by Gasteiger charge is 2.28. The number of carbonyl (C=O) groups is 1. The molecule has 1 fully saturated rings. The second kappa shape index (κ2) is 6.43. The van der Waals surface area contributed by atoms with Gasteiger partial charge in [0, 0.05) is 31.6 Å². The summed E-state index contributed by atoms with van der Waals surface area (Å²) in [7, 11) is 1.52. The minimum absolute atomic E-state index is 0.0506. The van der Waals surface area contributed by atoms with Crippen LogP contribution in [0.5, 0.6) is 5.75 Å². The number of carboxylic acids is 1. The van der Waals surface area contributed by atoms with E-state index in [0.717, 1.165) is 6.42 Å². The van der Waals surface area contributed by atoms with Crippen LogP contribution in [0.4, 0.5) is 11.4 Å². The summed E-state index contributed by atoms with van der Waals surface area (Å²) in [4.78, 5) is 23.3. The first-order valence-electron chi connectivity index (χ1n) is 6.80. The fourth-order valence-electron chi connectivity index (χ4n) is 2.65. The first-order chi connectivity index (χ1) is 10.0. The Morgan fingerprint density at radius 1 is 1.57 bits per heavy atom. The van der Waals surface area contributed by atoms with Gasteiger partial charge in [0.05, 0.1) is 12.0 Å². The van der Waals surface area contributed by atoms with Crippen LogP contribution in [0.1, 0.15) is 19.3 Å². The maximum atomic E-state index is 11.1. The van der Waals surface area contributed by atoms with Crippen molar-refractivity contribution < 1.29 is 19.6 Å². The fourth-order valence-corrected chi connectivity index (χ4v) is 2.65. The van der Waals surface area contributed by atoms with Crippen LogP contribution >= 0.6 is 0 Å². The van der Waals surface area contributed by atoms with Gasteiger partial charge < -0.3 is 14.7 Å². The summed E-state index contributed by atoms with van der Waals surface area (Å²) in [6.45, 7) is 1.33. The smallest absolute Gasteiger partial charge is 0.303 e. The number of nitro benzene ring substituents is 1. The van der Waals surface area contributed by atoms with Crippen molar-refractivity contribution >= 4 is 17.3 Å². The number of nitrogens with zero attached hydrogens (tertiary/aromatic N) is 2. The van der Waals surface area contributed by atoms with Crippen LogP contribution in [0.3, 0.4) is 0 Å². The summed E-state index contributed by atoms with van der Waals surface area (Å²) in [5.41, 5.74) is 0.590. The summed E-state index contributed by atoms with van der Waals surface area (Å²) < 4.78 is 5.13. The molecule has 1 unspecified atom stereocenters. The van der Waals surface area contributed by atoms with E-state index >= 15 is 0 Å². The molecule has 2 rings (SSSR count). The molecule has 0 aromatic heterocycles. The highest BCUT2D eigenvalue weighted by Crippen LogP contribution is 2.36. The van der Waals surface area contributed by atoms with Crippen molar-refractivity contribution in [1.82, 2.24) is 0 Å². The highest BCUT2D eigenvalue weighted by atomic mass is 16.6. The zero-order valence-corrected chi connectivity index (χ0v) is 11.8. The van der Waals surface area contributed by atoms with E-state index < -0.39 is 10.9 Å². The molecule has 0 saturated carbocycles. The molecule has 1 heterocycles. The van der Waals surface area contributed by atoms with Gasteiger partial charge in [-0.05, 0) is 24.8 Å². The maximum Gasteiger partial charge on any atom is 0.303 e. The third-order valence-electron chi connectivity index (χ3n) is 3.77. The molecule has 0 aliphatic carbocycles. The van der Waals surface area contributed by atoms with Crippen molar-refractivity contribution in [3.63, 3.8) is 0 Å². The molecule has 0 amide bonds. The monoisotopic (exact) mass is 294 g/mol. The largest absolute Gasteiger partial charge is 0.497 e. The number of ether oxygens (including phenoxy) is 1. The fraction of sp³-hybridized carbons (Fsp3) is 0.500. The van der Waals surface area contributed by atoms with Crippen LogP contribution in [0.2, 0.25) is 0 Å². The Morgan fingerprint density at radius 2 is 2.33 bits per heavy atom. The van der Waals surface area contributed by atoms with Crippen molar-refractivity contribution in [3.05, 3.63) is 28.3 Å². The van der Waals surface area contributed by atoms with Gasteiger partial charge in [-0.1, -0.05) is 0 Å². The highest BCUT2D eigenvalue weighted by molar-refractivity contribution is 5.67. The minimum atomic E-state index is -0.805. The number of benzene rings is 1. The van der Waals surface area contributed by atoms with E-state index in [0.29, 0.717) is 30.9 Å². The molecule has 1 N–H and O–H groups in total. The predicted molar refractivity (Wildman–Crippen MR) is 76.8 cm³/mol. The third-order valence-corrected chi connectivity index (χ3v) is 3.77. The van der Waals surface area contributed by atoms with E-state index in [4.69, 9.17) is 9.84 Å². The van der Waals surface area contributed by atoms with E-state index in [1.165, 1.54) is 13.2 Å². The molecular formula is C14H18N2O5. The predicted octanol–water partition coefficient (Wildman–Crippen LogP) is 2.29. The summed E-state index contributed by atoms with van der Waals surface area (Å²) in [6, 6.07) is 4.68. The second-order valence-corrected chi connectivity index (χ2v) is 5.14. The molecular weight excluding hydrogens is 276 g/mol. The summed E-state index contributed by atoms with van der Waals surface area (Å²) in [5, 5.41) is 19.9. The van der Waals surface area contributed by atoms with E-state index in [9.17, 15) is 14.9 Å². The van der Waals surface area contributed by atoms with Crippen LogP contribution in [-0.2, 0) is 4.79 Å². The summed E-state index contributed by atoms with van der Waals surface area (Å²) >= 11 is 0. The number of hydrogen-bond donors (Lipinski definition) is 1. The Kier molecular flexibility index (Phi) is 4.62. The second-order valence-electron chi connectivity index (χ2n) is 5.14. The van der Waals surface area contributed by atoms with Crippen LogP contribution in [0.25, 0.3) is 0 Å². The Balaban J connectivity index is 2.14. The Hall–Kier alpha value is -2.31. The van der Waals surface area contributed by atoms with Gasteiger partial charge in [0.1, 0.15) is 11.4 Å². The molecule has 114 valence electrons. The van der Waals surface area contributed by atoms with Gasteiger partial charge >= 0.3 is 5.97 Å². The molecule has 21 heavy (non-hydrogen) atoms. The zero-order chi connectivity index (χ0) is 15.4. The molecule has 1 aliphatic heterocycles. The SMILES string of the molecule is COc1ccc([N+](=O)[O-])c(N2CCC(CCC(=O)O)C2)c1. The van der Waals surface area contributed by atoms with E-state index in [2.05, 4.69) is 0 Å². The molecule has 0 spiro atoms. The standard InChI is InChI=1S/C14H18N2O5/c1-21-11-3-4-12(16(19)20)13(8-11)15-7-6-10(9-15)2-5-14(17)18/h3-4,8,10H,2,5-7,9H2,1H3,(H,17,18). The lowest BCUT2D eigenvalue weighted by Crippen LogP contribution is -2.21. The molecule has 1 aliphatic rings. The number of nitro groups is 1. The zero-order valence-electron chi connectivity index (χ0n) is 11.8. The molecule has 7 heteroatoms. The van der Waals surface area contributed by atoms with E-state index in [1.807, 2.05) is 4.90 Å². The van der Waals surface area contributed by atoms with Crippen LogP contribution in [0.15, 0.2) is 18.2 Å². The minimum Gasteiger partial charge on any atom is -0.497 e. The lowest BCUT2D eigenvalue weighted by Gasteiger charge is -2.19. The van der Waals surface area contributed by atoms with E-state index in [-0.39, 0.29) is 18.0 Å². The average molecular weight is 294 g/mol. The van der Waals surface area contributed by atoms with Crippen molar-refractivity contribution in [1.29, 1.82) is 0 Å². The van der Waals surface area contributed by atoms with Gasteiger partial charge in [-0.2, -0.15) is 0 Å². The van der Waals surface area contributed by atoms with Crippen LogP contribution in [-0.4, -0.2) is 36.2 Å². The Bertz CT molecular complexity index is 546. The molecule has 1 saturated heterocycles. The van der Waals surface area contributed by atoms with Gasteiger partial charge in [-0.3, -0.25) is 14.9 Å². The number of aliphatic carboxylic acids is 1. The van der Waals surface area contributed by atoms with Crippen molar-refractivity contribution in [3.8, 4) is 5.75 Å². The van der Waals surface area contributed by atoms with Gasteiger partial charge in [0.2, 0.25) is 0 Å². The van der Waals surface area contributed by atoms with Gasteiger partial charge in [-0.25, -0.2) is 0 Å². The lowest BCUT2D eigenvalue weighted by molar-refractivity contribution is -0.384. The molecule has 7 nitrogen and oxygen atoms in total. The number of methoxy groups -OCH3 is 1. The number of carboxylic acid groups (broad SMARTS) is 1. The Morgan fingerprint density at radius 3 is 2.95 bits per heavy atom.